The Bertz CT molecular complexity index is 733. The number of likely N-dealkylation sites (N-methyl/N-ethyl adjacent to an activating group) is 1. The number of amides is 1. The van der Waals surface area contributed by atoms with Crippen LogP contribution in [0, 0.1) is 5.92 Å². The maximum atomic E-state index is 11.4. The van der Waals surface area contributed by atoms with Gasteiger partial charge in [-0.1, -0.05) is 50.3 Å². The predicted octanol–water partition coefficient (Wildman–Crippen LogP) is 5.19. The molecule has 0 unspecified atom stereocenters. The molecule has 1 amide bonds. The second-order valence-corrected chi connectivity index (χ2v) is 7.10. The van der Waals surface area contributed by atoms with Gasteiger partial charge in [0, 0.05) is 6.54 Å². The van der Waals surface area contributed by atoms with Crippen LogP contribution in [0.4, 0.5) is 0 Å². The SMILES string of the molecule is CCNC(=O)COc1ccc(/C=C/c2ccc(OCCCC(C)C)cc2)cc1. The Balaban J connectivity index is 1.80. The van der Waals surface area contributed by atoms with Gasteiger partial charge in [0.1, 0.15) is 11.5 Å². The van der Waals surface area contributed by atoms with Crippen LogP contribution in [-0.4, -0.2) is 25.7 Å². The zero-order valence-electron chi connectivity index (χ0n) is 17.1. The highest BCUT2D eigenvalue weighted by Gasteiger charge is 2.01. The van der Waals surface area contributed by atoms with Gasteiger partial charge in [-0.15, -0.1) is 0 Å². The fraction of sp³-hybridized carbons (Fsp3) is 0.375. The van der Waals surface area contributed by atoms with Crippen molar-refractivity contribution in [1.82, 2.24) is 5.32 Å². The van der Waals surface area contributed by atoms with Crippen LogP contribution in [-0.2, 0) is 4.79 Å². The van der Waals surface area contributed by atoms with Gasteiger partial charge in [-0.25, -0.2) is 0 Å². The van der Waals surface area contributed by atoms with Gasteiger partial charge < -0.3 is 14.8 Å². The maximum absolute atomic E-state index is 11.4. The van der Waals surface area contributed by atoms with Crippen LogP contribution >= 0.6 is 0 Å². The molecule has 4 heteroatoms. The average Bonchev–Trinajstić information content (AvgIpc) is 2.70. The van der Waals surface area contributed by atoms with Gasteiger partial charge in [-0.05, 0) is 61.1 Å². The summed E-state index contributed by atoms with van der Waals surface area (Å²) in [5, 5.41) is 2.70. The van der Waals surface area contributed by atoms with Crippen molar-refractivity contribution in [1.29, 1.82) is 0 Å². The predicted molar refractivity (Wildman–Crippen MR) is 116 cm³/mol. The summed E-state index contributed by atoms with van der Waals surface area (Å²) < 4.78 is 11.2. The smallest absolute Gasteiger partial charge is 0.257 e. The minimum atomic E-state index is -0.112. The third-order valence-corrected chi connectivity index (χ3v) is 4.17. The number of carbonyl (C=O) groups is 1. The number of hydrogen-bond acceptors (Lipinski definition) is 3. The third-order valence-electron chi connectivity index (χ3n) is 4.17. The lowest BCUT2D eigenvalue weighted by Crippen LogP contribution is -2.28. The number of ether oxygens (including phenoxy) is 2. The van der Waals surface area contributed by atoms with E-state index in [-0.39, 0.29) is 12.5 Å². The Morgan fingerprint density at radius 1 is 0.929 bits per heavy atom. The van der Waals surface area contributed by atoms with Crippen LogP contribution in [0.3, 0.4) is 0 Å². The first-order valence-corrected chi connectivity index (χ1v) is 9.97. The van der Waals surface area contributed by atoms with Crippen molar-refractivity contribution in [3.63, 3.8) is 0 Å². The molecule has 0 bridgehead atoms. The molecule has 28 heavy (non-hydrogen) atoms. The Hall–Kier alpha value is -2.75. The summed E-state index contributed by atoms with van der Waals surface area (Å²) in [6, 6.07) is 15.8. The van der Waals surface area contributed by atoms with Crippen molar-refractivity contribution in [2.75, 3.05) is 19.8 Å². The summed E-state index contributed by atoms with van der Waals surface area (Å²) in [4.78, 5) is 11.4. The second-order valence-electron chi connectivity index (χ2n) is 7.10. The lowest BCUT2D eigenvalue weighted by molar-refractivity contribution is -0.122. The van der Waals surface area contributed by atoms with Gasteiger partial charge in [-0.2, -0.15) is 0 Å². The van der Waals surface area contributed by atoms with E-state index in [2.05, 4.69) is 37.4 Å². The second kappa shape index (κ2) is 11.9. The average molecular weight is 382 g/mol. The Morgan fingerprint density at radius 2 is 1.46 bits per heavy atom. The van der Waals surface area contributed by atoms with E-state index in [0.29, 0.717) is 12.3 Å². The molecule has 0 heterocycles. The van der Waals surface area contributed by atoms with Crippen molar-refractivity contribution in [3.8, 4) is 11.5 Å². The van der Waals surface area contributed by atoms with Crippen molar-refractivity contribution < 1.29 is 14.3 Å². The summed E-state index contributed by atoms with van der Waals surface area (Å²) in [5.41, 5.74) is 2.19. The quantitative estimate of drug-likeness (QED) is 0.430. The molecule has 2 aromatic carbocycles. The van der Waals surface area contributed by atoms with Crippen molar-refractivity contribution in [2.24, 2.45) is 5.92 Å². The molecule has 0 saturated heterocycles. The van der Waals surface area contributed by atoms with Crippen molar-refractivity contribution in [3.05, 3.63) is 59.7 Å². The lowest BCUT2D eigenvalue weighted by atomic mass is 10.1. The normalized spacial score (nSPS) is 11.0. The van der Waals surface area contributed by atoms with Crippen LogP contribution in [0.1, 0.15) is 44.7 Å². The first kappa shape index (κ1) is 21.5. The molecular weight excluding hydrogens is 350 g/mol. The van der Waals surface area contributed by atoms with E-state index in [0.717, 1.165) is 35.8 Å². The largest absolute Gasteiger partial charge is 0.494 e. The van der Waals surface area contributed by atoms with Gasteiger partial charge in [0.25, 0.3) is 5.91 Å². The van der Waals surface area contributed by atoms with E-state index in [9.17, 15) is 4.79 Å². The monoisotopic (exact) mass is 381 g/mol. The molecule has 0 aliphatic carbocycles. The summed E-state index contributed by atoms with van der Waals surface area (Å²) in [7, 11) is 0. The molecule has 1 N–H and O–H groups in total. The lowest BCUT2D eigenvalue weighted by Gasteiger charge is -2.08. The van der Waals surface area contributed by atoms with E-state index < -0.39 is 0 Å². The van der Waals surface area contributed by atoms with E-state index in [1.54, 1.807) is 0 Å². The molecule has 0 aromatic heterocycles. The molecule has 150 valence electrons. The summed E-state index contributed by atoms with van der Waals surface area (Å²) >= 11 is 0. The van der Waals surface area contributed by atoms with Gasteiger partial charge in [-0.3, -0.25) is 4.79 Å². The van der Waals surface area contributed by atoms with Gasteiger partial charge >= 0.3 is 0 Å². The molecule has 0 saturated carbocycles. The standard InChI is InChI=1S/C24H31NO3/c1-4-25-24(26)18-28-23-15-11-21(12-16-23)8-7-20-9-13-22(14-10-20)27-17-5-6-19(2)3/h7-16,19H,4-6,17-18H2,1-3H3,(H,25,26)/b8-7+. The van der Waals surface area contributed by atoms with E-state index in [4.69, 9.17) is 9.47 Å². The zero-order valence-corrected chi connectivity index (χ0v) is 17.1. The van der Waals surface area contributed by atoms with Crippen LogP contribution in [0.25, 0.3) is 12.2 Å². The number of nitrogens with one attached hydrogen (secondary N) is 1. The Labute approximate surface area is 168 Å². The molecule has 0 spiro atoms. The highest BCUT2D eigenvalue weighted by atomic mass is 16.5. The van der Waals surface area contributed by atoms with Gasteiger partial charge in [0.05, 0.1) is 6.61 Å². The Morgan fingerprint density at radius 3 is 1.96 bits per heavy atom. The molecule has 2 rings (SSSR count). The third kappa shape index (κ3) is 8.30. The molecule has 0 radical (unpaired) electrons. The van der Waals surface area contributed by atoms with Crippen LogP contribution in [0.2, 0.25) is 0 Å². The highest BCUT2D eigenvalue weighted by molar-refractivity contribution is 5.77. The van der Waals surface area contributed by atoms with Gasteiger partial charge in [0.15, 0.2) is 6.61 Å². The van der Waals surface area contributed by atoms with E-state index >= 15 is 0 Å². The minimum Gasteiger partial charge on any atom is -0.494 e. The minimum absolute atomic E-state index is 0.0366. The fourth-order valence-corrected chi connectivity index (χ4v) is 2.62. The molecule has 0 aliphatic heterocycles. The molecule has 4 nitrogen and oxygen atoms in total. The van der Waals surface area contributed by atoms with E-state index in [1.165, 1.54) is 6.42 Å². The van der Waals surface area contributed by atoms with E-state index in [1.807, 2.05) is 49.4 Å². The molecule has 0 aliphatic rings. The number of hydrogen-bond donors (Lipinski definition) is 1. The van der Waals surface area contributed by atoms with Crippen LogP contribution < -0.4 is 14.8 Å². The van der Waals surface area contributed by atoms with Crippen LogP contribution in [0.15, 0.2) is 48.5 Å². The number of carbonyl (C=O) groups excluding carboxylic acids is 1. The zero-order chi connectivity index (χ0) is 20.2. The summed E-state index contributed by atoms with van der Waals surface area (Å²) in [6.07, 6.45) is 6.39. The van der Waals surface area contributed by atoms with Crippen LogP contribution in [0.5, 0.6) is 11.5 Å². The summed E-state index contributed by atoms with van der Waals surface area (Å²) in [5.74, 6) is 2.20. The maximum Gasteiger partial charge on any atom is 0.257 e. The van der Waals surface area contributed by atoms with Crippen molar-refractivity contribution in [2.45, 2.75) is 33.6 Å². The highest BCUT2D eigenvalue weighted by Crippen LogP contribution is 2.17. The van der Waals surface area contributed by atoms with Gasteiger partial charge in [0.2, 0.25) is 0 Å². The fourth-order valence-electron chi connectivity index (χ4n) is 2.62. The molecular formula is C24H31NO3. The number of rotatable bonds is 11. The molecule has 2 aromatic rings. The number of benzene rings is 2. The first-order chi connectivity index (χ1) is 13.6. The van der Waals surface area contributed by atoms with Crippen molar-refractivity contribution >= 4 is 18.1 Å². The Kier molecular flexibility index (Phi) is 9.13. The first-order valence-electron chi connectivity index (χ1n) is 9.97. The topological polar surface area (TPSA) is 47.6 Å². The molecule has 0 atom stereocenters. The molecule has 0 fully saturated rings. The summed E-state index contributed by atoms with van der Waals surface area (Å²) in [6.45, 7) is 7.75.